The first-order valence-corrected chi connectivity index (χ1v) is 12.1. The second-order valence-electron chi connectivity index (χ2n) is 9.04. The molecule has 1 aliphatic carbocycles. The lowest BCUT2D eigenvalue weighted by atomic mass is 9.75. The molecule has 1 saturated carbocycles. The monoisotopic (exact) mass is 505 g/mol. The van der Waals surface area contributed by atoms with Crippen molar-refractivity contribution in [1.82, 2.24) is 0 Å². The Bertz CT molecular complexity index is 1060. The number of nitrogens with one attached hydrogen (secondary N) is 1. The molecule has 2 aromatic rings. The van der Waals surface area contributed by atoms with Crippen LogP contribution >= 0.6 is 23.2 Å². The van der Waals surface area contributed by atoms with Gasteiger partial charge in [-0.25, -0.2) is 9.59 Å². The van der Waals surface area contributed by atoms with Crippen LogP contribution in [0.5, 0.6) is 0 Å². The molecule has 0 radical (unpaired) electrons. The third kappa shape index (κ3) is 6.51. The summed E-state index contributed by atoms with van der Waals surface area (Å²) in [7, 11) is 0. The topological polar surface area (TPSA) is 81.7 Å². The summed E-state index contributed by atoms with van der Waals surface area (Å²) in [5, 5.41) is 3.02. The number of benzene rings is 2. The Hall–Kier alpha value is -2.57. The number of anilines is 1. The van der Waals surface area contributed by atoms with Crippen molar-refractivity contribution < 1.29 is 23.9 Å². The molecule has 0 aromatic heterocycles. The Labute approximate surface area is 209 Å². The van der Waals surface area contributed by atoms with Crippen LogP contribution in [0.4, 0.5) is 5.69 Å². The van der Waals surface area contributed by atoms with Gasteiger partial charge in [-0.3, -0.25) is 4.79 Å². The van der Waals surface area contributed by atoms with Gasteiger partial charge in [-0.2, -0.15) is 0 Å². The molecule has 0 bridgehead atoms. The average molecular weight is 506 g/mol. The van der Waals surface area contributed by atoms with E-state index in [1.807, 2.05) is 0 Å². The molecule has 182 valence electrons. The molecule has 0 saturated heterocycles. The van der Waals surface area contributed by atoms with Crippen molar-refractivity contribution in [3.63, 3.8) is 0 Å². The highest BCUT2D eigenvalue weighted by Crippen LogP contribution is 2.36. The highest BCUT2D eigenvalue weighted by Gasteiger charge is 2.34. The first kappa shape index (κ1) is 26.0. The number of rotatable bonds is 7. The second-order valence-corrected chi connectivity index (χ2v) is 9.83. The van der Waals surface area contributed by atoms with E-state index in [9.17, 15) is 14.4 Å². The normalized spacial score (nSPS) is 20.0. The van der Waals surface area contributed by atoms with Gasteiger partial charge in [0.2, 0.25) is 0 Å². The van der Waals surface area contributed by atoms with Crippen molar-refractivity contribution in [3.8, 4) is 0 Å². The Balaban J connectivity index is 1.65. The van der Waals surface area contributed by atoms with Gasteiger partial charge in [0, 0.05) is 0 Å². The van der Waals surface area contributed by atoms with E-state index in [1.165, 1.54) is 12.1 Å². The van der Waals surface area contributed by atoms with Crippen molar-refractivity contribution in [2.75, 3.05) is 11.9 Å². The SMILES string of the molecule is CC(C)[C@@H]1CC[C@@H](C)C[C@@H]1OC(=O)c1ccccc1C(=O)OCC(=O)Nc1cccc(Cl)c1Cl. The summed E-state index contributed by atoms with van der Waals surface area (Å²) >= 11 is 12.0. The molecule has 0 unspecified atom stereocenters. The molecule has 0 heterocycles. The van der Waals surface area contributed by atoms with Gasteiger partial charge < -0.3 is 14.8 Å². The van der Waals surface area contributed by atoms with E-state index in [2.05, 4.69) is 26.1 Å². The fourth-order valence-corrected chi connectivity index (χ4v) is 4.63. The highest BCUT2D eigenvalue weighted by molar-refractivity contribution is 6.44. The molecule has 2 aromatic carbocycles. The van der Waals surface area contributed by atoms with Crippen LogP contribution in [0.15, 0.2) is 42.5 Å². The molecule has 1 N–H and O–H groups in total. The lowest BCUT2D eigenvalue weighted by Crippen LogP contribution is -2.36. The number of halogens is 2. The molecule has 0 spiro atoms. The van der Waals surface area contributed by atoms with Crippen LogP contribution in [0.2, 0.25) is 10.0 Å². The zero-order chi connectivity index (χ0) is 24.8. The maximum Gasteiger partial charge on any atom is 0.339 e. The smallest absolute Gasteiger partial charge is 0.339 e. The second kappa shape index (κ2) is 11.7. The minimum absolute atomic E-state index is 0.0473. The van der Waals surface area contributed by atoms with E-state index < -0.39 is 24.5 Å². The molecule has 1 aliphatic rings. The predicted octanol–water partition coefficient (Wildman–Crippen LogP) is 6.41. The Morgan fingerprint density at radius 1 is 1.00 bits per heavy atom. The van der Waals surface area contributed by atoms with Crippen LogP contribution in [0.1, 0.15) is 60.7 Å². The molecular formula is C26H29Cl2NO5. The summed E-state index contributed by atoms with van der Waals surface area (Å²) < 4.78 is 11.0. The molecule has 3 atom stereocenters. The molecule has 6 nitrogen and oxygen atoms in total. The quantitative estimate of drug-likeness (QED) is 0.439. The molecule has 1 fully saturated rings. The number of ether oxygens (including phenoxy) is 2. The molecule has 8 heteroatoms. The summed E-state index contributed by atoms with van der Waals surface area (Å²) in [6, 6.07) is 11.1. The number of carbonyl (C=O) groups excluding carboxylic acids is 3. The fourth-order valence-electron chi connectivity index (χ4n) is 4.29. The minimum atomic E-state index is -0.794. The average Bonchev–Trinajstić information content (AvgIpc) is 2.80. The van der Waals surface area contributed by atoms with Gasteiger partial charge in [0.15, 0.2) is 6.61 Å². The first-order valence-electron chi connectivity index (χ1n) is 11.4. The standard InChI is InChI=1S/C26H29Cl2NO5/c1-15(2)17-12-11-16(3)13-22(17)34-26(32)19-8-5-4-7-18(19)25(31)33-14-23(30)29-21-10-6-9-20(27)24(21)28/h4-10,15-17,22H,11-14H2,1-3H3,(H,29,30)/t16-,17+,22+/m1/s1. The van der Waals surface area contributed by atoms with Crippen LogP contribution in [0.3, 0.4) is 0 Å². The molecule has 34 heavy (non-hydrogen) atoms. The van der Waals surface area contributed by atoms with Gasteiger partial charge in [0.05, 0.1) is 26.9 Å². The molecule has 3 rings (SSSR count). The van der Waals surface area contributed by atoms with Crippen molar-refractivity contribution in [1.29, 1.82) is 0 Å². The number of hydrogen-bond donors (Lipinski definition) is 1. The van der Waals surface area contributed by atoms with Crippen LogP contribution in [-0.4, -0.2) is 30.6 Å². The number of amides is 1. The zero-order valence-corrected chi connectivity index (χ0v) is 21.0. The third-order valence-corrected chi connectivity index (χ3v) is 6.97. The van der Waals surface area contributed by atoms with E-state index >= 15 is 0 Å². The molecule has 1 amide bonds. The van der Waals surface area contributed by atoms with Gasteiger partial charge in [0.25, 0.3) is 5.91 Å². The van der Waals surface area contributed by atoms with Gasteiger partial charge in [-0.1, -0.05) is 68.6 Å². The van der Waals surface area contributed by atoms with Gasteiger partial charge in [0.1, 0.15) is 6.10 Å². The molecule has 0 aliphatic heterocycles. The lowest BCUT2D eigenvalue weighted by Gasteiger charge is -2.36. The highest BCUT2D eigenvalue weighted by atomic mass is 35.5. The van der Waals surface area contributed by atoms with E-state index in [-0.39, 0.29) is 33.2 Å². The zero-order valence-electron chi connectivity index (χ0n) is 19.5. The first-order chi connectivity index (χ1) is 16.2. The fraction of sp³-hybridized carbons (Fsp3) is 0.423. The van der Waals surface area contributed by atoms with Gasteiger partial charge in [-0.05, 0) is 54.9 Å². The van der Waals surface area contributed by atoms with E-state index in [0.29, 0.717) is 17.5 Å². The number of esters is 2. The molecular weight excluding hydrogens is 477 g/mol. The van der Waals surface area contributed by atoms with Gasteiger partial charge in [-0.15, -0.1) is 0 Å². The van der Waals surface area contributed by atoms with Crippen LogP contribution in [0, 0.1) is 17.8 Å². The maximum atomic E-state index is 13.0. The maximum absolute atomic E-state index is 13.0. The van der Waals surface area contributed by atoms with Crippen molar-refractivity contribution in [3.05, 3.63) is 63.6 Å². The van der Waals surface area contributed by atoms with E-state index in [0.717, 1.165) is 19.3 Å². The Morgan fingerprint density at radius 3 is 2.35 bits per heavy atom. The summed E-state index contributed by atoms with van der Waals surface area (Å²) in [5.74, 6) is -0.809. The predicted molar refractivity (Wildman–Crippen MR) is 132 cm³/mol. The number of hydrogen-bond acceptors (Lipinski definition) is 5. The van der Waals surface area contributed by atoms with E-state index in [4.69, 9.17) is 32.7 Å². The summed E-state index contributed by atoms with van der Waals surface area (Å²) in [6.07, 6.45) is 2.72. The van der Waals surface area contributed by atoms with Crippen LogP contribution < -0.4 is 5.32 Å². The summed E-state index contributed by atoms with van der Waals surface area (Å²) in [6.45, 7) is 5.87. The van der Waals surface area contributed by atoms with Crippen molar-refractivity contribution >= 4 is 46.7 Å². The van der Waals surface area contributed by atoms with E-state index in [1.54, 1.807) is 30.3 Å². The number of carbonyl (C=O) groups is 3. The van der Waals surface area contributed by atoms with Crippen molar-refractivity contribution in [2.45, 2.75) is 46.1 Å². The summed E-state index contributed by atoms with van der Waals surface area (Å²) in [5.41, 5.74) is 0.471. The lowest BCUT2D eigenvalue weighted by molar-refractivity contribution is -0.119. The Morgan fingerprint density at radius 2 is 1.68 bits per heavy atom. The minimum Gasteiger partial charge on any atom is -0.458 e. The van der Waals surface area contributed by atoms with Crippen LogP contribution in [0.25, 0.3) is 0 Å². The van der Waals surface area contributed by atoms with Crippen molar-refractivity contribution in [2.24, 2.45) is 17.8 Å². The Kier molecular flexibility index (Phi) is 8.97. The van der Waals surface area contributed by atoms with Crippen LogP contribution in [-0.2, 0) is 14.3 Å². The summed E-state index contributed by atoms with van der Waals surface area (Å²) in [4.78, 5) is 38.0. The largest absolute Gasteiger partial charge is 0.458 e. The van der Waals surface area contributed by atoms with Gasteiger partial charge >= 0.3 is 11.9 Å². The third-order valence-electron chi connectivity index (χ3n) is 6.15.